The number of carbonyl (C=O) groups excluding carboxylic acids is 1. The van der Waals surface area contributed by atoms with Crippen molar-refractivity contribution in [1.82, 2.24) is 4.98 Å². The number of rotatable bonds is 3. The number of anilines is 2. The van der Waals surface area contributed by atoms with Crippen molar-refractivity contribution in [2.24, 2.45) is 0 Å². The lowest BCUT2D eigenvalue weighted by atomic mass is 10.1. The lowest BCUT2D eigenvalue weighted by Crippen LogP contribution is -2.13. The van der Waals surface area contributed by atoms with Crippen LogP contribution in [-0.2, 0) is 0 Å². The SMILES string of the molecule is Cc1ccc(N)cc1C(=O)Nc1ncc(C(C)C)s1.Cl. The molecule has 20 heavy (non-hydrogen) atoms. The molecule has 0 bridgehead atoms. The van der Waals surface area contributed by atoms with Gasteiger partial charge < -0.3 is 5.73 Å². The summed E-state index contributed by atoms with van der Waals surface area (Å²) in [4.78, 5) is 17.5. The van der Waals surface area contributed by atoms with Crippen molar-refractivity contribution in [3.63, 3.8) is 0 Å². The smallest absolute Gasteiger partial charge is 0.257 e. The summed E-state index contributed by atoms with van der Waals surface area (Å²) in [7, 11) is 0. The van der Waals surface area contributed by atoms with E-state index >= 15 is 0 Å². The molecule has 3 N–H and O–H groups in total. The number of nitrogens with zero attached hydrogens (tertiary/aromatic N) is 1. The van der Waals surface area contributed by atoms with E-state index in [1.54, 1.807) is 18.3 Å². The van der Waals surface area contributed by atoms with Crippen LogP contribution in [-0.4, -0.2) is 10.9 Å². The van der Waals surface area contributed by atoms with E-state index in [1.165, 1.54) is 11.3 Å². The number of nitrogens with one attached hydrogen (secondary N) is 1. The first-order valence-electron chi connectivity index (χ1n) is 6.10. The predicted molar refractivity (Wildman–Crippen MR) is 87.0 cm³/mol. The molecule has 0 saturated carbocycles. The van der Waals surface area contributed by atoms with Crippen LogP contribution in [0.5, 0.6) is 0 Å². The molecule has 0 unspecified atom stereocenters. The zero-order valence-electron chi connectivity index (χ0n) is 11.6. The van der Waals surface area contributed by atoms with Crippen molar-refractivity contribution < 1.29 is 4.79 Å². The molecule has 2 aromatic rings. The zero-order chi connectivity index (χ0) is 14.0. The number of nitrogens with two attached hydrogens (primary N) is 1. The third-order valence-corrected chi connectivity index (χ3v) is 4.03. The molecule has 108 valence electrons. The topological polar surface area (TPSA) is 68.0 Å². The Morgan fingerprint density at radius 1 is 1.40 bits per heavy atom. The van der Waals surface area contributed by atoms with Gasteiger partial charge in [0.15, 0.2) is 5.13 Å². The van der Waals surface area contributed by atoms with Crippen LogP contribution in [0.2, 0.25) is 0 Å². The Morgan fingerprint density at radius 2 is 2.10 bits per heavy atom. The number of nitrogen functional groups attached to an aromatic ring is 1. The van der Waals surface area contributed by atoms with E-state index < -0.39 is 0 Å². The number of halogens is 1. The summed E-state index contributed by atoms with van der Waals surface area (Å²) in [6.07, 6.45) is 1.80. The molecule has 4 nitrogen and oxygen atoms in total. The molecule has 1 aromatic heterocycles. The normalized spacial score (nSPS) is 10.2. The van der Waals surface area contributed by atoms with Gasteiger partial charge in [0.1, 0.15) is 0 Å². The van der Waals surface area contributed by atoms with E-state index in [0.29, 0.717) is 22.3 Å². The van der Waals surface area contributed by atoms with Crippen molar-refractivity contribution in [3.05, 3.63) is 40.4 Å². The molecule has 1 heterocycles. The molecule has 1 aromatic carbocycles. The second-order valence-electron chi connectivity index (χ2n) is 4.75. The molecule has 1 amide bonds. The maximum Gasteiger partial charge on any atom is 0.257 e. The summed E-state index contributed by atoms with van der Waals surface area (Å²) in [5.41, 5.74) is 7.77. The first kappa shape index (κ1) is 16.5. The van der Waals surface area contributed by atoms with Crippen molar-refractivity contribution >= 4 is 40.5 Å². The average molecular weight is 312 g/mol. The monoisotopic (exact) mass is 311 g/mol. The summed E-state index contributed by atoms with van der Waals surface area (Å²) in [5.74, 6) is 0.242. The molecule has 0 saturated heterocycles. The summed E-state index contributed by atoms with van der Waals surface area (Å²) < 4.78 is 0. The minimum absolute atomic E-state index is 0. The standard InChI is InChI=1S/C14H17N3OS.ClH/c1-8(2)12-7-16-14(19-12)17-13(18)11-6-10(15)5-4-9(11)3;/h4-8H,15H2,1-3H3,(H,16,17,18);1H. The number of carbonyl (C=O) groups is 1. The van der Waals surface area contributed by atoms with E-state index in [9.17, 15) is 4.79 Å². The van der Waals surface area contributed by atoms with Gasteiger partial charge in [-0.05, 0) is 30.5 Å². The fourth-order valence-electron chi connectivity index (χ4n) is 1.66. The van der Waals surface area contributed by atoms with Crippen LogP contribution < -0.4 is 11.1 Å². The van der Waals surface area contributed by atoms with Crippen LogP contribution in [0, 0.1) is 6.92 Å². The van der Waals surface area contributed by atoms with Crippen molar-refractivity contribution in [1.29, 1.82) is 0 Å². The largest absolute Gasteiger partial charge is 0.399 e. The lowest BCUT2D eigenvalue weighted by molar-refractivity contribution is 0.102. The molecule has 6 heteroatoms. The molecule has 0 atom stereocenters. The molecule has 2 rings (SSSR count). The highest BCUT2D eigenvalue weighted by Crippen LogP contribution is 2.25. The van der Waals surface area contributed by atoms with E-state index in [0.717, 1.165) is 10.4 Å². The third-order valence-electron chi connectivity index (χ3n) is 2.82. The van der Waals surface area contributed by atoms with Crippen LogP contribution in [0.25, 0.3) is 0 Å². The first-order chi connectivity index (χ1) is 8.97. The molecular formula is C14H18ClN3OS. The van der Waals surface area contributed by atoms with Crippen molar-refractivity contribution in [3.8, 4) is 0 Å². The van der Waals surface area contributed by atoms with E-state index in [2.05, 4.69) is 24.1 Å². The molecule has 0 aliphatic rings. The predicted octanol–water partition coefficient (Wildman–Crippen LogP) is 3.83. The Labute approximate surface area is 128 Å². The quantitative estimate of drug-likeness (QED) is 0.846. The minimum Gasteiger partial charge on any atom is -0.399 e. The number of hydrogen-bond donors (Lipinski definition) is 2. The van der Waals surface area contributed by atoms with Crippen LogP contribution >= 0.6 is 23.7 Å². The summed E-state index contributed by atoms with van der Waals surface area (Å²) in [5, 5.41) is 3.44. The summed E-state index contributed by atoms with van der Waals surface area (Å²) >= 11 is 1.50. The number of aryl methyl sites for hydroxylation is 1. The lowest BCUT2D eigenvalue weighted by Gasteiger charge is -2.06. The third kappa shape index (κ3) is 3.71. The molecule has 0 fully saturated rings. The van der Waals surface area contributed by atoms with Gasteiger partial charge in [0.05, 0.1) is 0 Å². The Hall–Kier alpha value is -1.59. The summed E-state index contributed by atoms with van der Waals surface area (Å²) in [6.45, 7) is 6.08. The minimum atomic E-state index is -0.172. The van der Waals surface area contributed by atoms with Gasteiger partial charge in [-0.2, -0.15) is 0 Å². The average Bonchev–Trinajstić information content (AvgIpc) is 2.80. The molecule has 0 aliphatic heterocycles. The van der Waals surface area contributed by atoms with Crippen LogP contribution in [0.3, 0.4) is 0 Å². The zero-order valence-corrected chi connectivity index (χ0v) is 13.3. The van der Waals surface area contributed by atoms with E-state index in [-0.39, 0.29) is 18.3 Å². The van der Waals surface area contributed by atoms with Gasteiger partial charge in [0, 0.05) is 22.3 Å². The second-order valence-corrected chi connectivity index (χ2v) is 5.81. The number of benzene rings is 1. The molecule has 0 aliphatic carbocycles. The van der Waals surface area contributed by atoms with Gasteiger partial charge in [0.2, 0.25) is 0 Å². The maximum absolute atomic E-state index is 12.2. The van der Waals surface area contributed by atoms with Crippen molar-refractivity contribution in [2.75, 3.05) is 11.1 Å². The highest BCUT2D eigenvalue weighted by molar-refractivity contribution is 7.15. The highest BCUT2D eigenvalue weighted by Gasteiger charge is 2.12. The van der Waals surface area contributed by atoms with Crippen molar-refractivity contribution in [2.45, 2.75) is 26.7 Å². The fraction of sp³-hybridized carbons (Fsp3) is 0.286. The van der Waals surface area contributed by atoms with Gasteiger partial charge in [-0.15, -0.1) is 23.7 Å². The van der Waals surface area contributed by atoms with Crippen LogP contribution in [0.1, 0.15) is 40.6 Å². The number of amides is 1. The molecule has 0 radical (unpaired) electrons. The Bertz CT molecular complexity index is 610. The number of thiazole rings is 1. The van der Waals surface area contributed by atoms with Gasteiger partial charge in [-0.25, -0.2) is 4.98 Å². The summed E-state index contributed by atoms with van der Waals surface area (Å²) in [6, 6.07) is 5.31. The number of hydrogen-bond acceptors (Lipinski definition) is 4. The number of aromatic nitrogens is 1. The molecule has 0 spiro atoms. The van der Waals surface area contributed by atoms with E-state index in [4.69, 9.17) is 5.73 Å². The van der Waals surface area contributed by atoms with Gasteiger partial charge >= 0.3 is 0 Å². The Kier molecular flexibility index (Phi) is 5.53. The Balaban J connectivity index is 0.00000200. The second kappa shape index (κ2) is 6.72. The van der Waals surface area contributed by atoms with Crippen LogP contribution in [0.15, 0.2) is 24.4 Å². The highest BCUT2D eigenvalue weighted by atomic mass is 35.5. The maximum atomic E-state index is 12.2. The first-order valence-corrected chi connectivity index (χ1v) is 6.92. The fourth-order valence-corrected chi connectivity index (χ4v) is 2.47. The Morgan fingerprint density at radius 3 is 2.70 bits per heavy atom. The van der Waals surface area contributed by atoms with Gasteiger partial charge in [-0.3, -0.25) is 10.1 Å². The van der Waals surface area contributed by atoms with E-state index in [1.807, 2.05) is 13.0 Å². The van der Waals surface area contributed by atoms with Crippen LogP contribution in [0.4, 0.5) is 10.8 Å². The van der Waals surface area contributed by atoms with Gasteiger partial charge in [0.25, 0.3) is 5.91 Å². The van der Waals surface area contributed by atoms with Gasteiger partial charge in [-0.1, -0.05) is 19.9 Å². The molecular weight excluding hydrogens is 294 g/mol.